The molecule has 1 amide bonds. The Kier molecular flexibility index (Phi) is 4.26. The molecule has 1 N–H and O–H groups in total. The molecule has 0 spiro atoms. The maximum absolute atomic E-state index is 12.6. The van der Waals surface area contributed by atoms with Crippen molar-refractivity contribution in [2.75, 3.05) is 0 Å². The predicted molar refractivity (Wildman–Crippen MR) is 95.4 cm³/mol. The Labute approximate surface area is 144 Å². The maximum atomic E-state index is 12.6. The topological polar surface area (TPSA) is 77.1 Å². The van der Waals surface area contributed by atoms with Gasteiger partial charge in [0.1, 0.15) is 17.6 Å². The number of carbonyl (C=O) groups excluding carboxylic acids is 1. The van der Waals surface area contributed by atoms with E-state index in [2.05, 4.69) is 10.3 Å². The normalized spacial score (nSPS) is 16.2. The summed E-state index contributed by atoms with van der Waals surface area (Å²) in [7, 11) is 0. The average molecular weight is 339 g/mol. The molecule has 0 bridgehead atoms. The summed E-state index contributed by atoms with van der Waals surface area (Å²) in [5, 5.41) is 3.86. The van der Waals surface area contributed by atoms with Gasteiger partial charge in [0.05, 0.1) is 6.33 Å². The number of carbonyl (C=O) groups is 1. The van der Waals surface area contributed by atoms with E-state index >= 15 is 0 Å². The zero-order valence-corrected chi connectivity index (χ0v) is 14.0. The number of hydrogen-bond acceptors (Lipinski definition) is 4. The largest absolute Gasteiger partial charge is 0.448 e. The fourth-order valence-corrected chi connectivity index (χ4v) is 3.58. The monoisotopic (exact) mass is 339 g/mol. The summed E-state index contributed by atoms with van der Waals surface area (Å²) < 4.78 is 6.96. The van der Waals surface area contributed by atoms with Crippen LogP contribution >= 0.6 is 0 Å². The van der Waals surface area contributed by atoms with Gasteiger partial charge < -0.3 is 9.73 Å². The molecule has 1 aromatic carbocycles. The van der Waals surface area contributed by atoms with Gasteiger partial charge in [-0.2, -0.15) is 0 Å². The predicted octanol–water partition coefficient (Wildman–Crippen LogP) is 2.98. The molecule has 2 aromatic heterocycles. The van der Waals surface area contributed by atoms with Crippen molar-refractivity contribution < 1.29 is 9.21 Å². The minimum absolute atomic E-state index is 0.0324. The molecular weight excluding hydrogens is 318 g/mol. The van der Waals surface area contributed by atoms with E-state index in [9.17, 15) is 9.59 Å². The standard InChI is InChI=1S/C19H21N3O3/c23-16(21-13-7-3-1-2-4-8-13)11-22-12-20-17-14-9-5-6-10-15(14)25-18(17)19(22)24/h5-6,9-10,12-13H,1-4,7-8,11H2,(H,21,23). The highest BCUT2D eigenvalue weighted by molar-refractivity contribution is 6.01. The first-order valence-corrected chi connectivity index (χ1v) is 8.88. The van der Waals surface area contributed by atoms with Crippen LogP contribution < -0.4 is 10.9 Å². The summed E-state index contributed by atoms with van der Waals surface area (Å²) in [5.41, 5.74) is 1.05. The van der Waals surface area contributed by atoms with Crippen LogP contribution in [0.2, 0.25) is 0 Å². The molecule has 1 fully saturated rings. The number of nitrogens with one attached hydrogen (secondary N) is 1. The van der Waals surface area contributed by atoms with Gasteiger partial charge in [0.15, 0.2) is 0 Å². The molecule has 6 heteroatoms. The van der Waals surface area contributed by atoms with Crippen molar-refractivity contribution in [3.05, 3.63) is 40.9 Å². The molecule has 0 aliphatic heterocycles. The second-order valence-corrected chi connectivity index (χ2v) is 6.71. The van der Waals surface area contributed by atoms with Crippen molar-refractivity contribution in [1.29, 1.82) is 0 Å². The average Bonchev–Trinajstić information content (AvgIpc) is 2.80. The smallest absolute Gasteiger partial charge is 0.297 e. The molecule has 2 heterocycles. The number of rotatable bonds is 3. The lowest BCUT2D eigenvalue weighted by Crippen LogP contribution is -2.38. The molecule has 0 radical (unpaired) electrons. The lowest BCUT2D eigenvalue weighted by atomic mass is 10.1. The Balaban J connectivity index is 1.57. The lowest BCUT2D eigenvalue weighted by molar-refractivity contribution is -0.122. The summed E-state index contributed by atoms with van der Waals surface area (Å²) in [6.07, 6.45) is 8.23. The van der Waals surface area contributed by atoms with E-state index < -0.39 is 0 Å². The first-order chi connectivity index (χ1) is 12.2. The van der Waals surface area contributed by atoms with Gasteiger partial charge in [0.2, 0.25) is 11.5 Å². The minimum atomic E-state index is -0.322. The van der Waals surface area contributed by atoms with Gasteiger partial charge >= 0.3 is 0 Å². The van der Waals surface area contributed by atoms with Crippen LogP contribution in [-0.4, -0.2) is 21.5 Å². The fourth-order valence-electron chi connectivity index (χ4n) is 3.58. The zero-order valence-electron chi connectivity index (χ0n) is 14.0. The van der Waals surface area contributed by atoms with E-state index in [0.29, 0.717) is 11.1 Å². The Hall–Kier alpha value is -2.63. The van der Waals surface area contributed by atoms with Gasteiger partial charge in [0, 0.05) is 11.4 Å². The van der Waals surface area contributed by atoms with Gasteiger partial charge in [-0.05, 0) is 25.0 Å². The number of aromatic nitrogens is 2. The van der Waals surface area contributed by atoms with E-state index in [1.807, 2.05) is 18.2 Å². The van der Waals surface area contributed by atoms with Crippen LogP contribution in [0.5, 0.6) is 0 Å². The van der Waals surface area contributed by atoms with Crippen LogP contribution in [0.25, 0.3) is 22.1 Å². The first-order valence-electron chi connectivity index (χ1n) is 8.88. The Bertz CT molecular complexity index is 965. The molecule has 6 nitrogen and oxygen atoms in total. The summed E-state index contributed by atoms with van der Waals surface area (Å²) in [6, 6.07) is 7.62. The summed E-state index contributed by atoms with van der Waals surface area (Å²) >= 11 is 0. The number of amides is 1. The molecule has 4 rings (SSSR count). The van der Waals surface area contributed by atoms with Gasteiger partial charge in [-0.15, -0.1) is 0 Å². The summed E-state index contributed by atoms with van der Waals surface area (Å²) in [4.78, 5) is 29.3. The van der Waals surface area contributed by atoms with E-state index in [1.165, 1.54) is 23.7 Å². The van der Waals surface area contributed by atoms with Gasteiger partial charge in [0.25, 0.3) is 5.56 Å². The van der Waals surface area contributed by atoms with Crippen molar-refractivity contribution in [3.63, 3.8) is 0 Å². The highest BCUT2D eigenvalue weighted by Gasteiger charge is 2.17. The molecular formula is C19H21N3O3. The van der Waals surface area contributed by atoms with Crippen LogP contribution in [0.15, 0.2) is 39.8 Å². The highest BCUT2D eigenvalue weighted by atomic mass is 16.3. The van der Waals surface area contributed by atoms with Crippen molar-refractivity contribution in [1.82, 2.24) is 14.9 Å². The lowest BCUT2D eigenvalue weighted by Gasteiger charge is -2.16. The number of nitrogens with zero attached hydrogens (tertiary/aromatic N) is 2. The Morgan fingerprint density at radius 3 is 2.76 bits per heavy atom. The van der Waals surface area contributed by atoms with Crippen LogP contribution in [0.3, 0.4) is 0 Å². The Morgan fingerprint density at radius 2 is 1.96 bits per heavy atom. The van der Waals surface area contributed by atoms with E-state index in [1.54, 1.807) is 6.07 Å². The molecule has 1 aliphatic rings. The molecule has 0 unspecified atom stereocenters. The van der Waals surface area contributed by atoms with Crippen LogP contribution in [0.4, 0.5) is 0 Å². The van der Waals surface area contributed by atoms with Crippen molar-refractivity contribution in [2.24, 2.45) is 0 Å². The van der Waals surface area contributed by atoms with Crippen LogP contribution in [0.1, 0.15) is 38.5 Å². The molecule has 25 heavy (non-hydrogen) atoms. The van der Waals surface area contributed by atoms with Crippen molar-refractivity contribution >= 4 is 28.0 Å². The second-order valence-electron chi connectivity index (χ2n) is 6.71. The van der Waals surface area contributed by atoms with Crippen molar-refractivity contribution in [2.45, 2.75) is 51.1 Å². The third-order valence-electron chi connectivity index (χ3n) is 4.88. The van der Waals surface area contributed by atoms with E-state index in [4.69, 9.17) is 4.42 Å². The molecule has 3 aromatic rings. The molecule has 130 valence electrons. The number of benzene rings is 1. The quantitative estimate of drug-likeness (QED) is 0.744. The molecule has 1 saturated carbocycles. The highest BCUT2D eigenvalue weighted by Crippen LogP contribution is 2.24. The number of furan rings is 1. The maximum Gasteiger partial charge on any atom is 0.297 e. The molecule has 1 aliphatic carbocycles. The third-order valence-corrected chi connectivity index (χ3v) is 4.88. The zero-order chi connectivity index (χ0) is 17.2. The summed E-state index contributed by atoms with van der Waals surface area (Å²) in [5.74, 6) is -0.147. The summed E-state index contributed by atoms with van der Waals surface area (Å²) in [6.45, 7) is -0.0324. The van der Waals surface area contributed by atoms with E-state index in [-0.39, 0.29) is 29.6 Å². The number of fused-ring (bicyclic) bond motifs is 3. The molecule has 0 saturated heterocycles. The molecule has 0 atom stereocenters. The fraction of sp³-hybridized carbons (Fsp3) is 0.421. The SMILES string of the molecule is O=C(Cn1cnc2c(oc3ccccc32)c1=O)NC1CCCCCC1. The van der Waals surface area contributed by atoms with Gasteiger partial charge in [-0.3, -0.25) is 14.2 Å². The van der Waals surface area contributed by atoms with E-state index in [0.717, 1.165) is 31.1 Å². The first kappa shape index (κ1) is 15.9. The number of para-hydroxylation sites is 1. The van der Waals surface area contributed by atoms with Gasteiger partial charge in [-0.25, -0.2) is 4.98 Å². The number of hydrogen-bond donors (Lipinski definition) is 1. The van der Waals surface area contributed by atoms with Gasteiger partial charge in [-0.1, -0.05) is 37.8 Å². The minimum Gasteiger partial charge on any atom is -0.448 e. The van der Waals surface area contributed by atoms with Crippen LogP contribution in [0, 0.1) is 0 Å². The van der Waals surface area contributed by atoms with Crippen molar-refractivity contribution in [3.8, 4) is 0 Å². The Morgan fingerprint density at radius 1 is 1.20 bits per heavy atom. The van der Waals surface area contributed by atoms with Crippen LogP contribution in [-0.2, 0) is 11.3 Å². The second kappa shape index (κ2) is 6.70. The third kappa shape index (κ3) is 3.16.